The predicted molar refractivity (Wildman–Crippen MR) is 607 cm³/mol. The van der Waals surface area contributed by atoms with Crippen LogP contribution in [0, 0.1) is 54.3 Å². The Morgan fingerprint density at radius 2 is 0.673 bits per heavy atom. The van der Waals surface area contributed by atoms with Crippen molar-refractivity contribution in [3.05, 3.63) is 356 Å². The van der Waals surface area contributed by atoms with E-state index in [1.165, 1.54) is 213 Å². The van der Waals surface area contributed by atoms with Gasteiger partial charge in [0.2, 0.25) is 6.79 Å². The highest BCUT2D eigenvalue weighted by Gasteiger charge is 2.54. The molecule has 2 N–H and O–H groups in total. The van der Waals surface area contributed by atoms with Gasteiger partial charge in [-0.2, -0.15) is 0 Å². The van der Waals surface area contributed by atoms with Gasteiger partial charge in [-0.25, -0.2) is 0 Å². The summed E-state index contributed by atoms with van der Waals surface area (Å²) < 4.78 is 16.3. The minimum atomic E-state index is 0.0272. The molecule has 14 heteroatoms. The van der Waals surface area contributed by atoms with Gasteiger partial charge in [0.05, 0.1) is 7.11 Å². The van der Waals surface area contributed by atoms with Crippen molar-refractivity contribution in [3.8, 4) is 61.8 Å². The lowest BCUT2D eigenvalue weighted by Gasteiger charge is -2.55. The first kappa shape index (κ1) is 103. The molecule has 778 valence electrons. The highest BCUT2D eigenvalue weighted by molar-refractivity contribution is 5.98. The zero-order valence-electron chi connectivity index (χ0n) is 90.6. The number of rotatable bonds is 31. The number of amides is 2. The molecule has 8 aliphatic carbocycles. The van der Waals surface area contributed by atoms with Gasteiger partial charge in [0, 0.05) is 116 Å². The van der Waals surface area contributed by atoms with Crippen LogP contribution >= 0.6 is 0 Å². The second-order valence-electron chi connectivity index (χ2n) is 48.4. The number of nitrogens with zero attached hydrogens (tertiary/aromatic N) is 5. The number of ether oxygens (including phenoxy) is 3. The Balaban J connectivity index is 0.000000113. The molecule has 13 aliphatic rings. The van der Waals surface area contributed by atoms with Crippen LogP contribution < -0.4 is 24.8 Å². The standard InChI is InChI=1S/C35H41NO2.C34H38N2O3.C34H39NO.C33H39N3O/c1-24-33-22-29-16-17-30(21-32(29)35(24,2)18-19-36(33)23-26-10-11-26)34(37)9-4-6-25-12-14-27(15-13-25)28-7-5-8-31(20-28)38-3;1-22-30-18-27-9-10-28(17-29(27)34(22,2)14-16-36(30)20-24-3-4-24)33(37)35-15-13-23-5-7-25(8-6-23)26-11-12-31-32(19-26)39-21-38-31;1-24-32-22-29-17-18-30(21-31(29)34(24,2)19-20-35(32)23-26-11-12-26)33(36)10-6-7-25-13-15-28(16-14-25)27-8-4-3-5-9-27;1-22-4-9-29(20-35-22)26-10-7-24(8-11-26)14-16-34-32(37)28-13-12-27-19-31-23(2)33(3,30(27)18-28)15-17-36(31)21-25-5-6-25/h5,7-8,12-17,20-21,24,26,33H,4,6,9-11,18-19,22-23H2,1-3H3;5-12,17,19,22,24,30H,3-4,13-16,18,20-21H2,1-2H3,(H,35,37);3-5,8-9,13-18,21,24,26,32H,6-7,10-12,19-20,22-23H2,1-2H3;4,7-13,18,20,23,25,31H,5-6,14-17,19,21H2,1-3H3,(H,34,37)/t24-,33+,35-;22-,30+,34-;24-,32?,34-;23-,31+,33-/m0000/s1. The molecule has 8 fully saturated rings. The van der Waals surface area contributed by atoms with Crippen LogP contribution in [0.4, 0.5) is 0 Å². The van der Waals surface area contributed by atoms with Crippen molar-refractivity contribution in [1.29, 1.82) is 0 Å². The molecule has 0 spiro atoms. The van der Waals surface area contributed by atoms with E-state index in [9.17, 15) is 19.2 Å². The highest BCUT2D eigenvalue weighted by atomic mass is 16.7. The molecule has 12 aromatic rings. The number of aryl methyl sites for hydroxylation is 3. The molecular formula is C136H157N7O7. The van der Waals surface area contributed by atoms with Gasteiger partial charge in [0.1, 0.15) is 5.75 Å². The number of likely N-dealkylation sites (tertiary alicyclic amines) is 4. The summed E-state index contributed by atoms with van der Waals surface area (Å²) in [6.45, 7) is 33.1. The molecule has 4 saturated carbocycles. The van der Waals surface area contributed by atoms with Crippen molar-refractivity contribution < 1.29 is 33.4 Å². The third-order valence-corrected chi connectivity index (χ3v) is 38.8. The number of ketones is 2. The van der Waals surface area contributed by atoms with Crippen LogP contribution in [-0.4, -0.2) is 151 Å². The van der Waals surface area contributed by atoms with Crippen LogP contribution in [0.3, 0.4) is 0 Å². The first-order valence-corrected chi connectivity index (χ1v) is 57.4. The smallest absolute Gasteiger partial charge is 0.251 e. The minimum Gasteiger partial charge on any atom is -0.497 e. The van der Waals surface area contributed by atoms with Crippen molar-refractivity contribution >= 4 is 23.4 Å². The predicted octanol–water partition coefficient (Wildman–Crippen LogP) is 26.9. The Hall–Kier alpha value is -11.9. The average Bonchev–Trinajstić information content (AvgIpc) is 1.65. The van der Waals surface area contributed by atoms with E-state index in [-0.39, 0.29) is 46.1 Å². The Kier molecular flexibility index (Phi) is 30.1. The van der Waals surface area contributed by atoms with Gasteiger partial charge < -0.3 is 24.8 Å². The quantitative estimate of drug-likeness (QED) is 0.0399. The lowest BCUT2D eigenvalue weighted by atomic mass is 9.58. The molecule has 25 rings (SSSR count). The molecule has 8 bridgehead atoms. The fraction of sp³-hybridized carbons (Fsp3) is 0.449. The van der Waals surface area contributed by atoms with Gasteiger partial charge in [-0.05, 0) is 416 Å². The number of hydrogen-bond donors (Lipinski definition) is 2. The Morgan fingerprint density at radius 3 is 1.05 bits per heavy atom. The van der Waals surface area contributed by atoms with E-state index >= 15 is 0 Å². The fourth-order valence-electron chi connectivity index (χ4n) is 27.5. The molecule has 1 aromatic heterocycles. The molecule has 11 aromatic carbocycles. The largest absolute Gasteiger partial charge is 0.497 e. The number of nitrogens with one attached hydrogen (secondary N) is 2. The number of benzene rings is 11. The number of fused-ring (bicyclic) bond motifs is 17. The highest BCUT2D eigenvalue weighted by Crippen LogP contribution is 2.56. The summed E-state index contributed by atoms with van der Waals surface area (Å²) in [5, 5.41) is 6.33. The first-order chi connectivity index (χ1) is 72.8. The van der Waals surface area contributed by atoms with Crippen molar-refractivity contribution in [3.63, 3.8) is 0 Å². The summed E-state index contributed by atoms with van der Waals surface area (Å²) in [5.74, 6) is 9.36. The van der Waals surface area contributed by atoms with E-state index < -0.39 is 0 Å². The van der Waals surface area contributed by atoms with Crippen LogP contribution in [0.15, 0.2) is 261 Å². The lowest BCUT2D eigenvalue weighted by molar-refractivity contribution is 0.0283. The summed E-state index contributed by atoms with van der Waals surface area (Å²) >= 11 is 0. The Bertz CT molecular complexity index is 6850. The molecule has 0 radical (unpaired) electrons. The SMILES string of the molecule is COc1cccc(-c2ccc(CCCC(=O)c3ccc4c(c3)[C@@]3(C)CCN(CC5CC5)[C@H](C4)[C@@H]3C)cc2)c1.C[C@H]1C2Cc3ccc(C(=O)CCCc4ccc(-c5ccccc5)cc4)cc3[C@@]1(C)CCN2CC1CC1.C[C@H]1[C@H]2Cc3ccc(C(=O)NCCc4ccc(-c5ccc6c(c5)OCO6)cc4)cc3[C@@]1(C)CCN2CC1CC1.Cc1ccc(-c2ccc(CCNC(=O)c3ccc4c(c3)[C@@]3(C)CCN(CC5CC5)[C@H](C4)[C@@H]3C)cc2)cn1. The molecule has 5 aliphatic heterocycles. The van der Waals surface area contributed by atoms with Crippen LogP contribution in [0.1, 0.15) is 272 Å². The number of methoxy groups -OCH3 is 1. The van der Waals surface area contributed by atoms with E-state index in [4.69, 9.17) is 14.2 Å². The normalized spacial score (nSPS) is 25.1. The fourth-order valence-corrected chi connectivity index (χ4v) is 27.5. The van der Waals surface area contributed by atoms with E-state index in [1.54, 1.807) is 7.11 Å². The number of piperidine rings is 4. The molecule has 14 nitrogen and oxygen atoms in total. The molecule has 6 heterocycles. The van der Waals surface area contributed by atoms with Crippen LogP contribution in [0.5, 0.6) is 17.2 Å². The lowest BCUT2D eigenvalue weighted by Crippen LogP contribution is -2.58. The van der Waals surface area contributed by atoms with Crippen molar-refractivity contribution in [2.45, 2.75) is 262 Å². The van der Waals surface area contributed by atoms with Crippen molar-refractivity contribution in [2.24, 2.45) is 47.3 Å². The number of hydrogen-bond acceptors (Lipinski definition) is 12. The third kappa shape index (κ3) is 22.4. The zero-order chi connectivity index (χ0) is 103. The number of carbonyl (C=O) groups is 4. The molecule has 1 unspecified atom stereocenters. The molecule has 4 saturated heterocycles. The van der Waals surface area contributed by atoms with Crippen molar-refractivity contribution in [2.75, 3.05) is 79.4 Å². The minimum absolute atomic E-state index is 0.0272. The van der Waals surface area contributed by atoms with Gasteiger partial charge in [0.25, 0.3) is 11.8 Å². The van der Waals surface area contributed by atoms with Gasteiger partial charge in [0.15, 0.2) is 23.1 Å². The summed E-state index contributed by atoms with van der Waals surface area (Å²) in [7, 11) is 1.70. The topological polar surface area (TPSA) is 146 Å². The van der Waals surface area contributed by atoms with Gasteiger partial charge in [-0.1, -0.05) is 243 Å². The van der Waals surface area contributed by atoms with Crippen LogP contribution in [-0.2, 0) is 73.0 Å². The van der Waals surface area contributed by atoms with Crippen LogP contribution in [0.2, 0.25) is 0 Å². The third-order valence-electron chi connectivity index (χ3n) is 38.8. The van der Waals surface area contributed by atoms with E-state index in [2.05, 4.69) is 297 Å². The van der Waals surface area contributed by atoms with Crippen molar-refractivity contribution in [1.82, 2.24) is 35.2 Å². The summed E-state index contributed by atoms with van der Waals surface area (Å²) in [6, 6.07) is 92.3. The maximum atomic E-state index is 13.2. The maximum Gasteiger partial charge on any atom is 0.251 e. The van der Waals surface area contributed by atoms with Crippen LogP contribution in [0.25, 0.3) is 44.5 Å². The summed E-state index contributed by atoms with van der Waals surface area (Å²) in [6.07, 6.45) is 29.0. The number of aromatic nitrogens is 1. The van der Waals surface area contributed by atoms with E-state index in [0.717, 1.165) is 161 Å². The molecule has 150 heavy (non-hydrogen) atoms. The van der Waals surface area contributed by atoms with E-state index in [1.807, 2.05) is 61.7 Å². The van der Waals surface area contributed by atoms with E-state index in [0.29, 0.717) is 79.6 Å². The second kappa shape index (κ2) is 44.0. The molecular weight excluding hydrogens is 1840 g/mol. The average molecular weight is 2000 g/mol. The summed E-state index contributed by atoms with van der Waals surface area (Å²) in [5.41, 5.74) is 31.1. The molecule has 12 atom stereocenters. The second-order valence-corrected chi connectivity index (χ2v) is 48.4. The van der Waals surface area contributed by atoms with Gasteiger partial charge in [-0.15, -0.1) is 0 Å². The van der Waals surface area contributed by atoms with Gasteiger partial charge >= 0.3 is 0 Å². The van der Waals surface area contributed by atoms with Gasteiger partial charge in [-0.3, -0.25) is 43.8 Å². The Labute approximate surface area is 892 Å². The summed E-state index contributed by atoms with van der Waals surface area (Å²) in [4.78, 5) is 68.2. The number of carbonyl (C=O) groups excluding carboxylic acids is 4. The Morgan fingerprint density at radius 1 is 0.347 bits per heavy atom. The first-order valence-electron chi connectivity index (χ1n) is 57.4. The number of Topliss-reactive ketones (excluding diaryl/α,β-unsaturated/α-hetero) is 2. The maximum absolute atomic E-state index is 13.2. The monoisotopic (exact) mass is 2000 g/mol. The molecule has 2 amide bonds. The number of pyridine rings is 1. The zero-order valence-corrected chi connectivity index (χ0v) is 90.6.